The summed E-state index contributed by atoms with van der Waals surface area (Å²) in [6.07, 6.45) is 3.52. The molecule has 1 saturated heterocycles. The first kappa shape index (κ1) is 19.9. The number of rotatable bonds is 3. The zero-order chi connectivity index (χ0) is 18.3. The summed E-state index contributed by atoms with van der Waals surface area (Å²) in [7, 11) is -3.73. The van der Waals surface area contributed by atoms with Gasteiger partial charge in [0.1, 0.15) is 5.82 Å². The molecule has 0 radical (unpaired) electrons. The highest BCUT2D eigenvalue weighted by molar-refractivity contribution is 7.90. The van der Waals surface area contributed by atoms with Crippen LogP contribution in [0.15, 0.2) is 53.6 Å². The summed E-state index contributed by atoms with van der Waals surface area (Å²) in [6, 6.07) is 11.1. The Bertz CT molecular complexity index is 1060. The molecule has 2 aromatic carbocycles. The maximum Gasteiger partial charge on any atom is 0.268 e. The Labute approximate surface area is 164 Å². The third kappa shape index (κ3) is 3.61. The molecule has 0 aliphatic carbocycles. The molecule has 1 aromatic heterocycles. The van der Waals surface area contributed by atoms with Crippen LogP contribution in [-0.4, -0.2) is 25.5 Å². The minimum absolute atomic E-state index is 0. The minimum Gasteiger partial charge on any atom is -0.317 e. The van der Waals surface area contributed by atoms with E-state index in [1.54, 1.807) is 36.5 Å². The lowest BCUT2D eigenvalue weighted by molar-refractivity contribution is 0.462. The number of aryl methyl sites for hydroxylation is 1. The van der Waals surface area contributed by atoms with E-state index in [9.17, 15) is 12.8 Å². The van der Waals surface area contributed by atoms with Crippen molar-refractivity contribution in [2.24, 2.45) is 0 Å². The maximum atomic E-state index is 13.9. The van der Waals surface area contributed by atoms with E-state index in [1.165, 1.54) is 16.1 Å². The van der Waals surface area contributed by atoms with Gasteiger partial charge < -0.3 is 5.32 Å². The number of nitrogens with one attached hydrogen (secondary N) is 1. The number of benzene rings is 2. The summed E-state index contributed by atoms with van der Waals surface area (Å²) in [5, 5.41) is 4.00. The van der Waals surface area contributed by atoms with E-state index in [4.69, 9.17) is 0 Å². The average Bonchev–Trinajstić information content (AvgIpc) is 3.02. The van der Waals surface area contributed by atoms with E-state index in [0.29, 0.717) is 10.9 Å². The molecule has 0 saturated carbocycles. The third-order valence-electron chi connectivity index (χ3n) is 5.12. The van der Waals surface area contributed by atoms with Crippen molar-refractivity contribution < 1.29 is 12.8 Å². The summed E-state index contributed by atoms with van der Waals surface area (Å²) in [4.78, 5) is 0.237. The molecule has 0 spiro atoms. The highest BCUT2D eigenvalue weighted by Gasteiger charge is 2.25. The molecule has 4 rings (SSSR count). The first-order chi connectivity index (χ1) is 12.5. The lowest BCUT2D eigenvalue weighted by atomic mass is 9.90. The quantitative estimate of drug-likeness (QED) is 0.706. The molecule has 1 N–H and O–H groups in total. The van der Waals surface area contributed by atoms with Crippen molar-refractivity contribution in [2.45, 2.75) is 30.6 Å². The third-order valence-corrected chi connectivity index (χ3v) is 6.81. The van der Waals surface area contributed by atoms with Gasteiger partial charge in [-0.05, 0) is 74.7 Å². The Morgan fingerprint density at radius 3 is 2.41 bits per heavy atom. The van der Waals surface area contributed by atoms with Crippen LogP contribution in [0.5, 0.6) is 0 Å². The number of nitrogens with zero attached hydrogens (tertiary/aromatic N) is 1. The molecule has 0 atom stereocenters. The number of halogens is 2. The monoisotopic (exact) mass is 408 g/mol. The van der Waals surface area contributed by atoms with Crippen LogP contribution in [0, 0.1) is 12.7 Å². The van der Waals surface area contributed by atoms with Gasteiger partial charge in [-0.25, -0.2) is 16.8 Å². The number of piperidine rings is 1. The molecule has 0 amide bonds. The van der Waals surface area contributed by atoms with Crippen LogP contribution >= 0.6 is 12.4 Å². The van der Waals surface area contributed by atoms with Crippen molar-refractivity contribution in [3.63, 3.8) is 0 Å². The molecule has 2 heterocycles. The van der Waals surface area contributed by atoms with Gasteiger partial charge in [-0.3, -0.25) is 0 Å². The summed E-state index contributed by atoms with van der Waals surface area (Å²) in [5.41, 5.74) is 2.44. The standard InChI is InChI=1S/C20H21FN2O2S.ClH/c1-14-2-5-17(6-3-14)26(24,25)23-13-19(15-8-10-22-11-9-15)18-12-16(21)4-7-20(18)23;/h2-7,12-13,15,22H,8-11H2,1H3;1H. The number of hydrogen-bond acceptors (Lipinski definition) is 3. The van der Waals surface area contributed by atoms with Crippen molar-refractivity contribution in [3.8, 4) is 0 Å². The highest BCUT2D eigenvalue weighted by Crippen LogP contribution is 2.35. The molecule has 144 valence electrons. The van der Waals surface area contributed by atoms with Gasteiger partial charge >= 0.3 is 0 Å². The molecule has 7 heteroatoms. The van der Waals surface area contributed by atoms with Gasteiger partial charge in [0.2, 0.25) is 0 Å². The van der Waals surface area contributed by atoms with Gasteiger partial charge in [-0.2, -0.15) is 0 Å². The van der Waals surface area contributed by atoms with Gasteiger partial charge in [0.15, 0.2) is 0 Å². The number of aromatic nitrogens is 1. The van der Waals surface area contributed by atoms with Gasteiger partial charge in [0.25, 0.3) is 10.0 Å². The number of hydrogen-bond donors (Lipinski definition) is 1. The zero-order valence-corrected chi connectivity index (χ0v) is 16.6. The molecule has 27 heavy (non-hydrogen) atoms. The van der Waals surface area contributed by atoms with Crippen LogP contribution in [0.4, 0.5) is 4.39 Å². The topological polar surface area (TPSA) is 51.1 Å². The molecule has 0 unspecified atom stereocenters. The fourth-order valence-corrected chi connectivity index (χ4v) is 5.06. The fraction of sp³-hybridized carbons (Fsp3) is 0.300. The van der Waals surface area contributed by atoms with Crippen molar-refractivity contribution in [3.05, 3.63) is 65.6 Å². The van der Waals surface area contributed by atoms with E-state index in [2.05, 4.69) is 5.32 Å². The smallest absolute Gasteiger partial charge is 0.268 e. The van der Waals surface area contributed by atoms with Crippen LogP contribution in [-0.2, 0) is 10.0 Å². The first-order valence-electron chi connectivity index (χ1n) is 8.80. The van der Waals surface area contributed by atoms with Gasteiger partial charge in [-0.1, -0.05) is 17.7 Å². The van der Waals surface area contributed by atoms with Gasteiger partial charge in [0.05, 0.1) is 10.4 Å². The van der Waals surface area contributed by atoms with E-state index in [0.717, 1.165) is 37.1 Å². The Morgan fingerprint density at radius 2 is 1.74 bits per heavy atom. The van der Waals surface area contributed by atoms with Crippen LogP contribution in [0.25, 0.3) is 10.9 Å². The second-order valence-corrected chi connectivity index (χ2v) is 8.70. The van der Waals surface area contributed by atoms with Crippen molar-refractivity contribution in [2.75, 3.05) is 13.1 Å². The minimum atomic E-state index is -3.73. The molecule has 0 bridgehead atoms. The molecule has 3 aromatic rings. The molecule has 1 fully saturated rings. The lowest BCUT2D eigenvalue weighted by Crippen LogP contribution is -2.26. The second-order valence-electron chi connectivity index (χ2n) is 6.88. The zero-order valence-electron chi connectivity index (χ0n) is 15.0. The normalized spacial score (nSPS) is 15.6. The Hall–Kier alpha value is -1.89. The van der Waals surface area contributed by atoms with E-state index in [1.807, 2.05) is 6.92 Å². The summed E-state index contributed by atoms with van der Waals surface area (Å²) in [6.45, 7) is 3.69. The summed E-state index contributed by atoms with van der Waals surface area (Å²) >= 11 is 0. The molecule has 4 nitrogen and oxygen atoms in total. The van der Waals surface area contributed by atoms with Crippen LogP contribution in [0.3, 0.4) is 0 Å². The fourth-order valence-electron chi connectivity index (χ4n) is 3.68. The predicted molar refractivity (Wildman–Crippen MR) is 108 cm³/mol. The van der Waals surface area contributed by atoms with E-state index in [-0.39, 0.29) is 29.0 Å². The molecule has 1 aliphatic rings. The SMILES string of the molecule is Cc1ccc(S(=O)(=O)n2cc(C3CCNCC3)c3cc(F)ccc32)cc1.Cl. The second kappa shape index (κ2) is 7.62. The van der Waals surface area contributed by atoms with Crippen LogP contribution in [0.1, 0.15) is 29.9 Å². The lowest BCUT2D eigenvalue weighted by Gasteiger charge is -2.22. The first-order valence-corrected chi connectivity index (χ1v) is 10.2. The molecular formula is C20H22ClFN2O2S. The largest absolute Gasteiger partial charge is 0.317 e. The average molecular weight is 409 g/mol. The van der Waals surface area contributed by atoms with Crippen LogP contribution in [0.2, 0.25) is 0 Å². The van der Waals surface area contributed by atoms with E-state index >= 15 is 0 Å². The summed E-state index contributed by atoms with van der Waals surface area (Å²) in [5.74, 6) is -0.117. The van der Waals surface area contributed by atoms with Gasteiger partial charge in [0, 0.05) is 11.6 Å². The summed E-state index contributed by atoms with van der Waals surface area (Å²) < 4.78 is 41.6. The number of fused-ring (bicyclic) bond motifs is 1. The molecule has 1 aliphatic heterocycles. The molecular weight excluding hydrogens is 387 g/mol. The van der Waals surface area contributed by atoms with Crippen molar-refractivity contribution in [1.29, 1.82) is 0 Å². The van der Waals surface area contributed by atoms with Gasteiger partial charge in [-0.15, -0.1) is 12.4 Å². The maximum absolute atomic E-state index is 13.9. The van der Waals surface area contributed by atoms with Crippen molar-refractivity contribution >= 4 is 33.3 Å². The Kier molecular flexibility index (Phi) is 5.60. The van der Waals surface area contributed by atoms with Crippen LogP contribution < -0.4 is 5.32 Å². The Morgan fingerprint density at radius 1 is 1.07 bits per heavy atom. The highest BCUT2D eigenvalue weighted by atomic mass is 35.5. The van der Waals surface area contributed by atoms with E-state index < -0.39 is 10.0 Å². The predicted octanol–water partition coefficient (Wildman–Crippen LogP) is 4.21. The van der Waals surface area contributed by atoms with Crippen molar-refractivity contribution in [1.82, 2.24) is 9.29 Å². The Balaban J connectivity index is 0.00000210.